The quantitative estimate of drug-likeness (QED) is 0.00514. The lowest BCUT2D eigenvalue weighted by atomic mass is 10.1. The molecule has 2 aliphatic heterocycles. The Labute approximate surface area is 605 Å². The van der Waals surface area contributed by atoms with Crippen LogP contribution in [0.4, 0.5) is 79.3 Å². The number of methoxy groups -OCH3 is 2. The molecule has 0 saturated carbocycles. The van der Waals surface area contributed by atoms with Crippen LogP contribution >= 0.6 is 34.4 Å². The highest BCUT2D eigenvalue weighted by molar-refractivity contribution is 8.00. The van der Waals surface area contributed by atoms with Crippen LogP contribution in [0.5, 0.6) is 11.5 Å². The molecular weight excluding hydrogens is 1460 g/mol. The number of ketones is 2. The van der Waals surface area contributed by atoms with Crippen LogP contribution in [-0.2, 0) is 59.0 Å². The number of rotatable bonds is 32. The Morgan fingerprint density at radius 1 is 0.573 bits per heavy atom. The summed E-state index contributed by atoms with van der Waals surface area (Å²) in [5.74, 6) is -2.38. The van der Waals surface area contributed by atoms with Crippen molar-refractivity contribution in [3.05, 3.63) is 93.7 Å². The number of ether oxygens (including phenoxy) is 4. The van der Waals surface area contributed by atoms with Gasteiger partial charge in [0.25, 0.3) is 42.2 Å². The summed E-state index contributed by atoms with van der Waals surface area (Å²) in [6.45, 7) is 15.4. The van der Waals surface area contributed by atoms with E-state index in [4.69, 9.17) is 54.1 Å². The largest absolute Gasteiger partial charge is 0.494 e. The van der Waals surface area contributed by atoms with Crippen LogP contribution in [0, 0.1) is 0 Å². The molecule has 5 heterocycles. The molecule has 9 rings (SSSR count). The first kappa shape index (κ1) is 77.7. The summed E-state index contributed by atoms with van der Waals surface area (Å²) in [6.07, 6.45) is 2.76. The number of hydrogen-bond acceptors (Lipinski definition) is 32. The number of carbonyl (C=O) groups is 4. The molecule has 2 aliphatic rings. The van der Waals surface area contributed by atoms with E-state index in [-0.39, 0.29) is 78.3 Å². The molecule has 34 nitrogen and oxygen atoms in total. The number of thioether (sulfide) groups is 1. The van der Waals surface area contributed by atoms with Crippen LogP contribution in [0.1, 0.15) is 51.3 Å². The Bertz CT molecular complexity index is 4490. The molecule has 2 amide bonds. The van der Waals surface area contributed by atoms with E-state index in [9.17, 15) is 58.1 Å². The predicted octanol–water partition coefficient (Wildman–Crippen LogP) is 10.2. The number of carbonyl (C=O) groups excluding carboxylic acids is 4. The number of hydrogen-bond donors (Lipinski definition) is 7. The number of azo groups is 2. The summed E-state index contributed by atoms with van der Waals surface area (Å²) in [7, 11) is -10.5. The minimum atomic E-state index is -4.53. The first-order valence-corrected chi connectivity index (χ1v) is 38.7. The summed E-state index contributed by atoms with van der Waals surface area (Å²) in [5, 5.41) is 30.5. The molecule has 0 radical (unpaired) electrons. The van der Waals surface area contributed by atoms with E-state index < -0.39 is 69.3 Å². The van der Waals surface area contributed by atoms with Gasteiger partial charge in [-0.2, -0.15) is 50.2 Å². The van der Waals surface area contributed by atoms with Crippen molar-refractivity contribution in [3.8, 4) is 11.5 Å². The second kappa shape index (κ2) is 34.7. The van der Waals surface area contributed by atoms with Gasteiger partial charge in [0.15, 0.2) is 16.7 Å². The summed E-state index contributed by atoms with van der Waals surface area (Å²) >= 11 is 2.93. The number of aromatic nitrogens is 5. The lowest BCUT2D eigenvalue weighted by Crippen LogP contribution is -2.36. The van der Waals surface area contributed by atoms with E-state index in [1.165, 1.54) is 64.5 Å². The van der Waals surface area contributed by atoms with Crippen molar-refractivity contribution in [2.45, 2.75) is 56.5 Å². The highest BCUT2D eigenvalue weighted by atomic mass is 32.2. The number of nitrogens with zero attached hydrogens (tertiary/aromatic N) is 13. The lowest BCUT2D eigenvalue weighted by Gasteiger charge is -2.27. The molecule has 0 unspecified atom stereocenters. The number of morpholine rings is 2. The lowest BCUT2D eigenvalue weighted by molar-refractivity contribution is -0.120. The summed E-state index contributed by atoms with van der Waals surface area (Å²) < 4.78 is 123. The van der Waals surface area contributed by atoms with Crippen LogP contribution in [0.25, 0.3) is 12.2 Å². The minimum absolute atomic E-state index is 0.00896. The Balaban J connectivity index is 1.12. The normalized spacial score (nSPS) is 14.0. The van der Waals surface area contributed by atoms with Crippen molar-refractivity contribution in [2.75, 3.05) is 145 Å². The fourth-order valence-corrected chi connectivity index (χ4v) is 14.6. The molecule has 40 heteroatoms. The molecule has 0 bridgehead atoms. The van der Waals surface area contributed by atoms with Crippen LogP contribution < -0.4 is 50.3 Å². The maximum Gasteiger partial charge on any atom is 0.294 e. The zero-order valence-electron chi connectivity index (χ0n) is 56.8. The molecule has 4 aromatic carbocycles. The van der Waals surface area contributed by atoms with Crippen LogP contribution in [-0.4, -0.2) is 192 Å². The molecular formula is C63H73N17O17S6. The average Bonchev–Trinajstić information content (AvgIpc) is 1.77. The Morgan fingerprint density at radius 2 is 0.951 bits per heavy atom. The predicted molar refractivity (Wildman–Crippen MR) is 392 cm³/mol. The molecule has 7 aromatic rings. The van der Waals surface area contributed by atoms with E-state index in [1.54, 1.807) is 24.3 Å². The van der Waals surface area contributed by atoms with Gasteiger partial charge in [-0.1, -0.05) is 34.4 Å². The Kier molecular flexibility index (Phi) is 26.1. The second-order valence-electron chi connectivity index (χ2n) is 22.2. The molecule has 3 aromatic heterocycles. The summed E-state index contributed by atoms with van der Waals surface area (Å²) in [4.78, 5) is 85.7. The van der Waals surface area contributed by atoms with Gasteiger partial charge in [0.2, 0.25) is 22.2 Å². The van der Waals surface area contributed by atoms with Gasteiger partial charge in [0.05, 0.1) is 99.8 Å². The Hall–Kier alpha value is -9.49. The molecule has 0 atom stereocenters. The number of thiazole rings is 2. The number of Topliss-reactive ketones (excluding diaryl/α,β-unsaturated/α-hetero) is 2. The monoisotopic (exact) mass is 1530 g/mol. The van der Waals surface area contributed by atoms with E-state index >= 15 is 0 Å². The fourth-order valence-electron chi connectivity index (χ4n) is 10.3. The van der Waals surface area contributed by atoms with Gasteiger partial charge in [0.1, 0.15) is 34.5 Å². The topological polar surface area (TPSA) is 443 Å². The van der Waals surface area contributed by atoms with Gasteiger partial charge in [-0.15, -0.1) is 20.5 Å². The molecule has 0 aliphatic carbocycles. The van der Waals surface area contributed by atoms with Crippen molar-refractivity contribution in [2.24, 2.45) is 20.5 Å². The highest BCUT2D eigenvalue weighted by Crippen LogP contribution is 2.45. The first-order valence-electron chi connectivity index (χ1n) is 31.6. The summed E-state index contributed by atoms with van der Waals surface area (Å²) in [5.41, 5.74) is 1.84. The smallest absolute Gasteiger partial charge is 0.294 e. The van der Waals surface area contributed by atoms with E-state index in [0.717, 1.165) is 58.7 Å². The van der Waals surface area contributed by atoms with Crippen molar-refractivity contribution in [1.29, 1.82) is 0 Å². The minimum Gasteiger partial charge on any atom is -0.494 e. The van der Waals surface area contributed by atoms with Crippen LogP contribution in [0.2, 0.25) is 0 Å². The average molecular weight is 1530 g/mol. The van der Waals surface area contributed by atoms with Crippen molar-refractivity contribution >= 4 is 180 Å². The highest BCUT2D eigenvalue weighted by Gasteiger charge is 2.27. The molecule has 103 heavy (non-hydrogen) atoms. The van der Waals surface area contributed by atoms with Crippen molar-refractivity contribution < 1.29 is 77.0 Å². The SMILES string of the molecule is CCN(CC)c1cc(Nc2nc(Nc3cc(N(CC)CC)c(OC)cc3/N=N/c3nc(N4CCOCC4)c(/C=C(\C(C)=O)C(=O)Nc4ccc(S(=O)(=O)O)cc4)s3)nc(SCCS(=O)(=O)O)n2)c(/N=N/c2nc(N3CCOCC3)c(/C=C(/C(C)=O)C(=O)Nc3ccc(S(=O)(=O)O)cc3)s2)cc1OC. The fraction of sp³-hybridized carbons (Fsp3) is 0.349. The van der Waals surface area contributed by atoms with Gasteiger partial charge < -0.3 is 59.8 Å². The van der Waals surface area contributed by atoms with Crippen LogP contribution in [0.15, 0.2) is 119 Å². The third-order valence-electron chi connectivity index (χ3n) is 15.5. The van der Waals surface area contributed by atoms with Gasteiger partial charge in [-0.05, 0) is 114 Å². The van der Waals surface area contributed by atoms with E-state index in [0.29, 0.717) is 123 Å². The standard InChI is InChI=1S/C63H73N17O17S6/c1-9-77(10-2)49-33-45(47(35-51(49)94-7)73-75-62-68-55(79-21-25-96-26-22-79)53(99-62)31-43(37(5)81)57(83)64-39-13-17-41(18-14-39)102(88,89)90)66-59-70-60(72-61(71-59)98-29-30-101(85,86)87)67-46-34-50(78(11-3)12-4)52(95-8)36-48(46)74-76-63-69-56(80-23-27-97-28-24-80)54(100-63)32-44(38(6)82)58(84)65-40-15-19-42(20-16-40)103(91,92)93/h13-20,31-36H,9-12,21-30H2,1-8H3,(H,64,83)(H,65,84)(H,85,86,87)(H,88,89,90)(H,91,92,93)(H2,66,67,70,71,72)/b43-31-,44-32+,75-73+,76-74+. The van der Waals surface area contributed by atoms with Gasteiger partial charge >= 0.3 is 0 Å². The zero-order chi connectivity index (χ0) is 74.3. The third-order valence-corrected chi connectivity index (χ3v) is 20.8. The van der Waals surface area contributed by atoms with E-state index in [2.05, 4.69) is 31.5 Å². The summed E-state index contributed by atoms with van der Waals surface area (Å²) in [6, 6.07) is 16.2. The maximum atomic E-state index is 13.8. The van der Waals surface area contributed by atoms with Gasteiger partial charge in [-0.3, -0.25) is 32.8 Å². The molecule has 7 N–H and O–H groups in total. The van der Waals surface area contributed by atoms with Crippen LogP contribution in [0.3, 0.4) is 0 Å². The first-order chi connectivity index (χ1) is 49.1. The van der Waals surface area contributed by atoms with Gasteiger partial charge in [-0.25, -0.2) is 0 Å². The molecule has 2 saturated heterocycles. The number of anilines is 10. The zero-order valence-corrected chi connectivity index (χ0v) is 61.7. The molecule has 0 spiro atoms. The Morgan fingerprint density at radius 3 is 1.28 bits per heavy atom. The second-order valence-corrected chi connectivity index (χ2v) is 29.7. The third kappa shape index (κ3) is 20.7. The van der Waals surface area contributed by atoms with Crippen molar-refractivity contribution in [1.82, 2.24) is 24.9 Å². The number of benzene rings is 4. The molecule has 548 valence electrons. The van der Waals surface area contributed by atoms with E-state index in [1.807, 2.05) is 47.3 Å². The van der Waals surface area contributed by atoms with Gasteiger partial charge in [0, 0.05) is 81.6 Å². The molecule has 2 fully saturated rings. The number of amides is 2. The van der Waals surface area contributed by atoms with Crippen molar-refractivity contribution in [3.63, 3.8) is 0 Å². The number of nitrogens with one attached hydrogen (secondary N) is 4. The maximum absolute atomic E-state index is 13.8.